The van der Waals surface area contributed by atoms with E-state index in [1.54, 1.807) is 0 Å². The first-order valence-corrected chi connectivity index (χ1v) is 21.6. The van der Waals surface area contributed by atoms with Crippen LogP contribution in [0.1, 0.15) is 38.9 Å². The minimum Gasteiger partial charge on any atom is -0.334 e. The number of rotatable bonds is 12. The second-order valence-electron chi connectivity index (χ2n) is 16.1. The van der Waals surface area contributed by atoms with E-state index in [0.29, 0.717) is 0 Å². The van der Waals surface area contributed by atoms with Crippen LogP contribution in [-0.2, 0) is 22.4 Å². The minimum absolute atomic E-state index is 0. The first-order valence-electron chi connectivity index (χ1n) is 21.6. The third-order valence-electron chi connectivity index (χ3n) is 11.4. The van der Waals surface area contributed by atoms with Gasteiger partial charge in [0.1, 0.15) is 0 Å². The molecule has 1 radical (unpaired) electrons. The zero-order chi connectivity index (χ0) is 43.0. The van der Waals surface area contributed by atoms with Crippen molar-refractivity contribution in [3.63, 3.8) is 0 Å². The SMILES string of the molecule is Cc1ccc(/C=C/c2ccc(N(c3cc[c-]cc3)c3ccc(-c4ccc(-c5ccc(N(c6ccc(C)cc6)c6ccc(/C=C/c7ccc(C)cc7)cc6)cc5)cc4)cc3)cc2)cc1.[Nb]. The summed E-state index contributed by atoms with van der Waals surface area (Å²) >= 11 is 0. The average molecular weight is 903 g/mol. The molecule has 309 valence electrons. The van der Waals surface area contributed by atoms with Gasteiger partial charge in [-0.3, -0.25) is 0 Å². The van der Waals surface area contributed by atoms with Gasteiger partial charge in [0.2, 0.25) is 0 Å². The molecule has 64 heavy (non-hydrogen) atoms. The number of hydrogen-bond acceptors (Lipinski definition) is 2. The predicted octanol–water partition coefficient (Wildman–Crippen LogP) is 17.0. The van der Waals surface area contributed by atoms with Crippen molar-refractivity contribution in [1.82, 2.24) is 0 Å². The van der Waals surface area contributed by atoms with Crippen molar-refractivity contribution in [2.75, 3.05) is 9.80 Å². The molecule has 0 aliphatic rings. The van der Waals surface area contributed by atoms with E-state index < -0.39 is 0 Å². The Morgan fingerprint density at radius 2 is 0.469 bits per heavy atom. The number of hydrogen-bond donors (Lipinski definition) is 0. The molecule has 0 aromatic heterocycles. The topological polar surface area (TPSA) is 6.48 Å². The molecule has 0 amide bonds. The molecule has 0 atom stereocenters. The van der Waals surface area contributed by atoms with Crippen LogP contribution >= 0.6 is 0 Å². The number of benzene rings is 9. The van der Waals surface area contributed by atoms with Crippen LogP contribution in [0.2, 0.25) is 0 Å². The zero-order valence-electron chi connectivity index (χ0n) is 36.4. The van der Waals surface area contributed by atoms with Crippen molar-refractivity contribution in [2.24, 2.45) is 0 Å². The van der Waals surface area contributed by atoms with Gasteiger partial charge in [0.15, 0.2) is 0 Å². The van der Waals surface area contributed by atoms with E-state index >= 15 is 0 Å². The van der Waals surface area contributed by atoms with E-state index in [1.807, 2.05) is 12.1 Å². The van der Waals surface area contributed by atoms with Crippen LogP contribution in [0, 0.1) is 26.8 Å². The summed E-state index contributed by atoms with van der Waals surface area (Å²) in [6.07, 6.45) is 8.67. The van der Waals surface area contributed by atoms with Crippen LogP contribution in [0.5, 0.6) is 0 Å². The molecule has 9 aromatic carbocycles. The normalized spacial score (nSPS) is 11.1. The maximum absolute atomic E-state index is 3.18. The van der Waals surface area contributed by atoms with E-state index in [2.05, 4.69) is 267 Å². The average Bonchev–Trinajstić information content (AvgIpc) is 3.34. The second kappa shape index (κ2) is 20.3. The molecule has 2 nitrogen and oxygen atoms in total. The molecule has 0 heterocycles. The minimum atomic E-state index is 0. The molecule has 9 aromatic rings. The van der Waals surface area contributed by atoms with Crippen LogP contribution in [0.4, 0.5) is 34.1 Å². The Hall–Kier alpha value is -7.20. The molecule has 0 aliphatic carbocycles. The quantitative estimate of drug-likeness (QED) is 0.0685. The Morgan fingerprint density at radius 3 is 0.766 bits per heavy atom. The maximum Gasteiger partial charge on any atom is 0.0462 e. The van der Waals surface area contributed by atoms with Gasteiger partial charge in [0.05, 0.1) is 0 Å². The summed E-state index contributed by atoms with van der Waals surface area (Å²) in [5, 5.41) is 0. The molecule has 0 aliphatic heterocycles. The summed E-state index contributed by atoms with van der Waals surface area (Å²) in [6, 6.07) is 81.4. The fourth-order valence-electron chi connectivity index (χ4n) is 7.79. The first kappa shape index (κ1) is 43.4. The molecule has 0 fully saturated rings. The summed E-state index contributed by atoms with van der Waals surface area (Å²) in [5.74, 6) is 0. The third kappa shape index (κ3) is 10.5. The Balaban J connectivity index is 0.00000560. The number of aryl methyl sites for hydroxylation is 3. The van der Waals surface area contributed by atoms with Crippen molar-refractivity contribution in [3.05, 3.63) is 263 Å². The fourth-order valence-corrected chi connectivity index (χ4v) is 7.79. The van der Waals surface area contributed by atoms with Gasteiger partial charge in [-0.15, -0.1) is 12.1 Å². The number of anilines is 6. The van der Waals surface area contributed by atoms with Gasteiger partial charge in [-0.2, -0.15) is 18.2 Å². The molecule has 0 bridgehead atoms. The maximum atomic E-state index is 3.18. The summed E-state index contributed by atoms with van der Waals surface area (Å²) in [5.41, 5.74) is 19.8. The van der Waals surface area contributed by atoms with Gasteiger partial charge in [0, 0.05) is 50.8 Å². The summed E-state index contributed by atoms with van der Waals surface area (Å²) < 4.78 is 0. The molecular formula is C61H49N2Nb-. The van der Waals surface area contributed by atoms with E-state index in [9.17, 15) is 0 Å². The van der Waals surface area contributed by atoms with Crippen molar-refractivity contribution < 1.29 is 22.4 Å². The van der Waals surface area contributed by atoms with Gasteiger partial charge in [-0.25, -0.2) is 0 Å². The first-order chi connectivity index (χ1) is 30.9. The third-order valence-corrected chi connectivity index (χ3v) is 11.4. The smallest absolute Gasteiger partial charge is 0.0462 e. The van der Waals surface area contributed by atoms with Crippen molar-refractivity contribution in [2.45, 2.75) is 20.8 Å². The van der Waals surface area contributed by atoms with Crippen molar-refractivity contribution in [1.29, 1.82) is 0 Å². The molecule has 0 N–H and O–H groups in total. The molecule has 9 rings (SSSR count). The zero-order valence-corrected chi connectivity index (χ0v) is 38.6. The Morgan fingerprint density at radius 1 is 0.266 bits per heavy atom. The molecule has 0 saturated carbocycles. The van der Waals surface area contributed by atoms with Gasteiger partial charge in [0.25, 0.3) is 0 Å². The van der Waals surface area contributed by atoms with E-state index in [1.165, 1.54) is 50.1 Å². The standard InChI is InChI=1S/C61H49N2.Nb/c1-45-9-15-48(16-10-45)19-21-50-23-37-58(38-24-50)62(56-7-5-4-6-8-56)60-41-31-54(32-42-60)52-27-29-53(30-28-52)55-33-43-61(44-34-55)63(57-35-13-47(3)14-36-57)59-39-25-51(26-40-59)22-20-49-17-11-46(2)12-18-49;/h5-44H,1-3H3;/q-1;/b21-19+,22-20+;. The summed E-state index contributed by atoms with van der Waals surface area (Å²) in [7, 11) is 0. The molecule has 0 spiro atoms. The molecule has 0 saturated heterocycles. The number of nitrogens with zero attached hydrogens (tertiary/aromatic N) is 2. The molecule has 3 heteroatoms. The molecular weight excluding hydrogens is 854 g/mol. The van der Waals surface area contributed by atoms with Gasteiger partial charge in [-0.05, 0) is 126 Å². The van der Waals surface area contributed by atoms with Crippen LogP contribution < -0.4 is 9.80 Å². The Labute approximate surface area is 394 Å². The summed E-state index contributed by atoms with van der Waals surface area (Å²) in [4.78, 5) is 4.61. The van der Waals surface area contributed by atoms with Crippen LogP contribution in [-0.4, -0.2) is 0 Å². The van der Waals surface area contributed by atoms with Gasteiger partial charge < -0.3 is 9.80 Å². The van der Waals surface area contributed by atoms with Gasteiger partial charge in [-0.1, -0.05) is 180 Å². The predicted molar refractivity (Wildman–Crippen MR) is 270 cm³/mol. The fraction of sp³-hybridized carbons (Fsp3) is 0.0492. The van der Waals surface area contributed by atoms with Gasteiger partial charge >= 0.3 is 0 Å². The van der Waals surface area contributed by atoms with Crippen LogP contribution in [0.3, 0.4) is 0 Å². The van der Waals surface area contributed by atoms with Crippen LogP contribution in [0.25, 0.3) is 46.6 Å². The Kier molecular flexibility index (Phi) is 13.8. The van der Waals surface area contributed by atoms with E-state index in [0.717, 1.165) is 45.3 Å². The monoisotopic (exact) mass is 902 g/mol. The second-order valence-corrected chi connectivity index (χ2v) is 16.1. The Bertz CT molecular complexity index is 2930. The molecule has 0 unspecified atom stereocenters. The largest absolute Gasteiger partial charge is 0.334 e. The van der Waals surface area contributed by atoms with E-state index in [-0.39, 0.29) is 22.4 Å². The summed E-state index contributed by atoms with van der Waals surface area (Å²) in [6.45, 7) is 6.36. The van der Waals surface area contributed by atoms with Crippen molar-refractivity contribution >= 4 is 58.4 Å². The van der Waals surface area contributed by atoms with E-state index in [4.69, 9.17) is 0 Å². The van der Waals surface area contributed by atoms with Crippen LogP contribution in [0.15, 0.2) is 218 Å². The van der Waals surface area contributed by atoms with Crippen molar-refractivity contribution in [3.8, 4) is 22.3 Å².